The van der Waals surface area contributed by atoms with Crippen LogP contribution in [-0.2, 0) is 6.61 Å². The number of aliphatic hydroxyl groups excluding tert-OH is 1. The summed E-state index contributed by atoms with van der Waals surface area (Å²) in [5.41, 5.74) is 1.97. The van der Waals surface area contributed by atoms with Gasteiger partial charge in [-0.15, -0.1) is 0 Å². The molecular weight excluding hydrogens is 352 g/mol. The topological polar surface area (TPSA) is 86.7 Å². The first-order valence-corrected chi connectivity index (χ1v) is 8.19. The molecule has 0 radical (unpaired) electrons. The molecule has 2 heterocycles. The minimum atomic E-state index is -0.518. The van der Waals surface area contributed by atoms with Gasteiger partial charge >= 0.3 is 0 Å². The highest BCUT2D eigenvalue weighted by Gasteiger charge is 2.15. The molecule has 0 unspecified atom stereocenters. The largest absolute Gasteiger partial charge is 0.392 e. The van der Waals surface area contributed by atoms with Gasteiger partial charge in [-0.05, 0) is 42.8 Å². The van der Waals surface area contributed by atoms with Crippen molar-refractivity contribution < 1.29 is 13.9 Å². The second-order valence-corrected chi connectivity index (χ2v) is 6.09. The predicted octanol–water partition coefficient (Wildman–Crippen LogP) is 3.84. The smallest absolute Gasteiger partial charge is 0.165 e. The van der Waals surface area contributed by atoms with Crippen molar-refractivity contribution in [3.63, 3.8) is 0 Å². The van der Waals surface area contributed by atoms with Gasteiger partial charge in [-0.3, -0.25) is 5.10 Å². The number of nitrogens with one attached hydrogen (secondary N) is 2. The Morgan fingerprint density at radius 1 is 1.07 bits per heavy atom. The van der Waals surface area contributed by atoms with Gasteiger partial charge in [0.1, 0.15) is 17.5 Å². The zero-order valence-electron chi connectivity index (χ0n) is 14.3. The number of fused-ring (bicyclic) bond motifs is 1. The van der Waals surface area contributed by atoms with E-state index in [1.165, 1.54) is 36.4 Å². The number of rotatable bonds is 4. The summed E-state index contributed by atoms with van der Waals surface area (Å²) in [5.74, 6) is -0.0393. The summed E-state index contributed by atoms with van der Waals surface area (Å²) < 4.78 is 28.1. The molecule has 0 saturated heterocycles. The number of aryl methyl sites for hydroxylation is 1. The molecule has 0 aliphatic rings. The minimum absolute atomic E-state index is 0.122. The predicted molar refractivity (Wildman–Crippen MR) is 97.4 cm³/mol. The molecule has 4 aromatic rings. The minimum Gasteiger partial charge on any atom is -0.392 e. The van der Waals surface area contributed by atoms with Crippen LogP contribution in [0.2, 0.25) is 0 Å². The van der Waals surface area contributed by atoms with Crippen molar-refractivity contribution in [2.75, 3.05) is 5.32 Å². The van der Waals surface area contributed by atoms with E-state index in [2.05, 4.69) is 25.5 Å². The van der Waals surface area contributed by atoms with E-state index < -0.39 is 11.6 Å². The summed E-state index contributed by atoms with van der Waals surface area (Å²) in [6, 6.07) is 10.1. The van der Waals surface area contributed by atoms with E-state index in [0.29, 0.717) is 28.1 Å². The third kappa shape index (κ3) is 3.34. The fraction of sp³-hybridized carbons (Fsp3) is 0.105. The molecule has 0 atom stereocenters. The first-order valence-electron chi connectivity index (χ1n) is 8.19. The summed E-state index contributed by atoms with van der Waals surface area (Å²) in [5, 5.41) is 19.7. The Kier molecular flexibility index (Phi) is 4.25. The lowest BCUT2D eigenvalue weighted by atomic mass is 10.1. The number of hydrogen-bond acceptors (Lipinski definition) is 5. The van der Waals surface area contributed by atoms with Crippen LogP contribution in [0.4, 0.5) is 20.4 Å². The van der Waals surface area contributed by atoms with Gasteiger partial charge in [0.25, 0.3) is 0 Å². The highest BCUT2D eigenvalue weighted by atomic mass is 19.1. The number of H-pyrrole nitrogens is 1. The summed E-state index contributed by atoms with van der Waals surface area (Å²) in [6.07, 6.45) is 0. The van der Waals surface area contributed by atoms with Crippen molar-refractivity contribution in [3.05, 3.63) is 65.4 Å². The van der Waals surface area contributed by atoms with Gasteiger partial charge in [-0.1, -0.05) is 6.07 Å². The highest BCUT2D eigenvalue weighted by Crippen LogP contribution is 2.29. The number of halogens is 2. The van der Waals surface area contributed by atoms with Crippen LogP contribution < -0.4 is 5.32 Å². The van der Waals surface area contributed by atoms with Crippen LogP contribution in [0.25, 0.3) is 22.3 Å². The van der Waals surface area contributed by atoms with Gasteiger partial charge in [-0.2, -0.15) is 5.10 Å². The third-order valence-corrected chi connectivity index (χ3v) is 4.06. The summed E-state index contributed by atoms with van der Waals surface area (Å²) in [6.45, 7) is 1.61. The van der Waals surface area contributed by atoms with Gasteiger partial charge in [0, 0.05) is 17.1 Å². The van der Waals surface area contributed by atoms with Gasteiger partial charge < -0.3 is 10.4 Å². The molecule has 0 fully saturated rings. The van der Waals surface area contributed by atoms with Crippen LogP contribution >= 0.6 is 0 Å². The van der Waals surface area contributed by atoms with E-state index in [9.17, 15) is 13.9 Å². The van der Waals surface area contributed by atoms with Crippen molar-refractivity contribution in [1.82, 2.24) is 20.2 Å². The standard InChI is InChI=1S/C19H15F2N5O/c1-10-6-17(26-25-10)23-19-14-8-12(20)3-5-16(14)22-18(24-19)13-7-11(9-27)2-4-15(13)21/h2-8,27H,9H2,1H3,(H2,22,23,24,25,26). The van der Waals surface area contributed by atoms with Crippen LogP contribution in [0.1, 0.15) is 11.3 Å². The Morgan fingerprint density at radius 2 is 1.93 bits per heavy atom. The van der Waals surface area contributed by atoms with Gasteiger partial charge in [0.15, 0.2) is 11.6 Å². The molecule has 0 spiro atoms. The first-order chi connectivity index (χ1) is 13.0. The fourth-order valence-electron chi connectivity index (χ4n) is 2.76. The number of nitrogens with zero attached hydrogens (tertiary/aromatic N) is 3. The van der Waals surface area contributed by atoms with E-state index in [1.54, 1.807) is 6.07 Å². The molecule has 2 aromatic heterocycles. The highest BCUT2D eigenvalue weighted by molar-refractivity contribution is 5.92. The van der Waals surface area contributed by atoms with Crippen molar-refractivity contribution in [2.24, 2.45) is 0 Å². The van der Waals surface area contributed by atoms with Crippen LogP contribution in [0.15, 0.2) is 42.5 Å². The quantitative estimate of drug-likeness (QED) is 0.510. The zero-order chi connectivity index (χ0) is 19.0. The molecule has 0 aliphatic heterocycles. The van der Waals surface area contributed by atoms with E-state index in [4.69, 9.17) is 0 Å². The molecule has 0 bridgehead atoms. The molecular formula is C19H15F2N5O. The van der Waals surface area contributed by atoms with Gasteiger partial charge in [0.05, 0.1) is 17.7 Å². The number of benzene rings is 2. The summed E-state index contributed by atoms with van der Waals surface area (Å²) in [7, 11) is 0. The fourth-order valence-corrected chi connectivity index (χ4v) is 2.76. The SMILES string of the molecule is Cc1cc(Nc2nc(-c3cc(CO)ccc3F)nc3ccc(F)cc23)n[nH]1. The van der Waals surface area contributed by atoms with Crippen LogP contribution in [0.3, 0.4) is 0 Å². The number of aliphatic hydroxyl groups is 1. The molecule has 6 nitrogen and oxygen atoms in total. The maximum Gasteiger partial charge on any atom is 0.165 e. The maximum absolute atomic E-state index is 14.4. The molecule has 4 rings (SSSR count). The van der Waals surface area contributed by atoms with E-state index >= 15 is 0 Å². The normalized spacial score (nSPS) is 11.1. The first kappa shape index (κ1) is 17.0. The Morgan fingerprint density at radius 3 is 2.67 bits per heavy atom. The lowest BCUT2D eigenvalue weighted by Gasteiger charge is -2.11. The van der Waals surface area contributed by atoms with Crippen molar-refractivity contribution in [3.8, 4) is 11.4 Å². The molecule has 3 N–H and O–H groups in total. The van der Waals surface area contributed by atoms with Crippen molar-refractivity contribution >= 4 is 22.5 Å². The molecule has 0 saturated carbocycles. The molecule has 2 aromatic carbocycles. The molecule has 0 amide bonds. The van der Waals surface area contributed by atoms with Crippen LogP contribution in [0.5, 0.6) is 0 Å². The van der Waals surface area contributed by atoms with E-state index in [0.717, 1.165) is 5.69 Å². The Hall–Kier alpha value is -3.39. The maximum atomic E-state index is 14.4. The molecule has 8 heteroatoms. The molecule has 27 heavy (non-hydrogen) atoms. The number of aromatic nitrogens is 4. The monoisotopic (exact) mass is 367 g/mol. The zero-order valence-corrected chi connectivity index (χ0v) is 14.3. The summed E-state index contributed by atoms with van der Waals surface area (Å²) >= 11 is 0. The third-order valence-electron chi connectivity index (χ3n) is 4.06. The second-order valence-electron chi connectivity index (χ2n) is 6.09. The van der Waals surface area contributed by atoms with Gasteiger partial charge in [0.2, 0.25) is 0 Å². The van der Waals surface area contributed by atoms with Crippen molar-refractivity contribution in [1.29, 1.82) is 0 Å². The van der Waals surface area contributed by atoms with E-state index in [-0.39, 0.29) is 18.0 Å². The average molecular weight is 367 g/mol. The van der Waals surface area contributed by atoms with Crippen LogP contribution in [-0.4, -0.2) is 25.3 Å². The Balaban J connectivity index is 1.91. The number of anilines is 2. The Labute approximate surface area is 152 Å². The van der Waals surface area contributed by atoms with Crippen LogP contribution in [0, 0.1) is 18.6 Å². The van der Waals surface area contributed by atoms with Crippen molar-refractivity contribution in [2.45, 2.75) is 13.5 Å². The molecule has 0 aliphatic carbocycles. The number of aromatic amines is 1. The lowest BCUT2D eigenvalue weighted by molar-refractivity contribution is 0.282. The summed E-state index contributed by atoms with van der Waals surface area (Å²) in [4.78, 5) is 8.75. The molecule has 136 valence electrons. The van der Waals surface area contributed by atoms with Gasteiger partial charge in [-0.25, -0.2) is 18.7 Å². The number of hydrogen-bond donors (Lipinski definition) is 3. The average Bonchev–Trinajstić information content (AvgIpc) is 3.07. The lowest BCUT2D eigenvalue weighted by Crippen LogP contribution is -2.01. The van der Waals surface area contributed by atoms with E-state index in [1.807, 2.05) is 6.92 Å². The Bertz CT molecular complexity index is 1140. The second kappa shape index (κ2) is 6.73.